The van der Waals surface area contributed by atoms with Crippen molar-refractivity contribution in [1.29, 1.82) is 0 Å². The quantitative estimate of drug-likeness (QED) is 0.366. The van der Waals surface area contributed by atoms with Crippen LogP contribution in [0.3, 0.4) is 0 Å². The van der Waals surface area contributed by atoms with Crippen LogP contribution in [0.15, 0.2) is 28.6 Å². The number of aliphatic imine (C=N–C) groups is 1. The molecule has 0 amide bonds. The van der Waals surface area contributed by atoms with E-state index in [2.05, 4.69) is 32.1 Å². The normalized spacial score (nSPS) is 14.8. The van der Waals surface area contributed by atoms with E-state index in [9.17, 15) is 0 Å². The maximum Gasteiger partial charge on any atom is 0.191 e. The molecule has 0 aliphatic heterocycles. The predicted molar refractivity (Wildman–Crippen MR) is 119 cm³/mol. The molecule has 2 N–H and O–H groups in total. The van der Waals surface area contributed by atoms with Crippen LogP contribution in [0.25, 0.3) is 0 Å². The minimum Gasteiger partial charge on any atom is -0.493 e. The molecule has 3 rings (SSSR count). The molecule has 0 bridgehead atoms. The fourth-order valence-electron chi connectivity index (χ4n) is 3.53. The number of hydrogen-bond acceptors (Lipinski definition) is 5. The summed E-state index contributed by atoms with van der Waals surface area (Å²) in [7, 11) is 3.49. The van der Waals surface area contributed by atoms with Gasteiger partial charge >= 0.3 is 0 Å². The van der Waals surface area contributed by atoms with Crippen molar-refractivity contribution in [3.8, 4) is 11.5 Å². The number of hydrogen-bond donors (Lipinski definition) is 2. The van der Waals surface area contributed by atoms with E-state index < -0.39 is 0 Å². The third-order valence-electron chi connectivity index (χ3n) is 5.06. The lowest BCUT2D eigenvalue weighted by Gasteiger charge is -2.20. The first-order chi connectivity index (χ1) is 14.2. The standard InChI is InChI=1S/C22H32N4O2S/c1-16-15-29-20(26-16)12-7-13-24-22(23-2)25-14-17-8-6-11-19(27-3)21(17)28-18-9-4-5-10-18/h6,8,11,15,18H,4-5,7,9-10,12-14H2,1-3H3,(H2,23,24,25). The van der Waals surface area contributed by atoms with Gasteiger partial charge in [0, 0.05) is 43.2 Å². The van der Waals surface area contributed by atoms with E-state index >= 15 is 0 Å². The van der Waals surface area contributed by atoms with E-state index in [-0.39, 0.29) is 6.10 Å². The van der Waals surface area contributed by atoms with Crippen LogP contribution in [0.5, 0.6) is 11.5 Å². The summed E-state index contributed by atoms with van der Waals surface area (Å²) in [6.45, 7) is 3.51. The first-order valence-corrected chi connectivity index (χ1v) is 11.3. The van der Waals surface area contributed by atoms with Gasteiger partial charge in [0.2, 0.25) is 0 Å². The maximum absolute atomic E-state index is 6.31. The number of aromatic nitrogens is 1. The Balaban J connectivity index is 1.51. The first kappa shape index (κ1) is 21.4. The molecular weight excluding hydrogens is 384 g/mol. The highest BCUT2D eigenvalue weighted by Crippen LogP contribution is 2.34. The molecule has 1 aliphatic rings. The average molecular weight is 417 g/mol. The second-order valence-electron chi connectivity index (χ2n) is 7.31. The van der Waals surface area contributed by atoms with Crippen molar-refractivity contribution >= 4 is 17.3 Å². The Hall–Kier alpha value is -2.28. The number of benzene rings is 1. The summed E-state index contributed by atoms with van der Waals surface area (Å²) in [5, 5.41) is 10.1. The van der Waals surface area contributed by atoms with Gasteiger partial charge in [-0.1, -0.05) is 12.1 Å². The fraction of sp³-hybridized carbons (Fsp3) is 0.545. The van der Waals surface area contributed by atoms with Gasteiger partial charge in [0.1, 0.15) is 0 Å². The molecule has 1 aliphatic carbocycles. The van der Waals surface area contributed by atoms with Crippen molar-refractivity contribution in [3.63, 3.8) is 0 Å². The summed E-state index contributed by atoms with van der Waals surface area (Å²) >= 11 is 1.73. The summed E-state index contributed by atoms with van der Waals surface area (Å²) in [6, 6.07) is 6.04. The number of nitrogens with zero attached hydrogens (tertiary/aromatic N) is 2. The molecule has 0 radical (unpaired) electrons. The zero-order valence-corrected chi connectivity index (χ0v) is 18.5. The van der Waals surface area contributed by atoms with E-state index in [0.717, 1.165) is 60.9 Å². The number of rotatable bonds is 9. The number of aryl methyl sites for hydroxylation is 2. The molecule has 7 heteroatoms. The Morgan fingerprint density at radius 1 is 1.28 bits per heavy atom. The number of methoxy groups -OCH3 is 1. The monoisotopic (exact) mass is 416 g/mol. The van der Waals surface area contributed by atoms with Crippen molar-refractivity contribution in [2.75, 3.05) is 20.7 Å². The van der Waals surface area contributed by atoms with Crippen LogP contribution in [0, 0.1) is 6.92 Å². The van der Waals surface area contributed by atoms with Crippen LogP contribution >= 0.6 is 11.3 Å². The van der Waals surface area contributed by atoms with Crippen LogP contribution in [0.2, 0.25) is 0 Å². The van der Waals surface area contributed by atoms with Gasteiger partial charge in [-0.15, -0.1) is 11.3 Å². The van der Waals surface area contributed by atoms with E-state index in [4.69, 9.17) is 9.47 Å². The largest absolute Gasteiger partial charge is 0.493 e. The zero-order chi connectivity index (χ0) is 20.5. The number of guanidine groups is 1. The Bertz CT molecular complexity index is 800. The van der Waals surface area contributed by atoms with Gasteiger partial charge in [0.25, 0.3) is 0 Å². The number of nitrogens with one attached hydrogen (secondary N) is 2. The van der Waals surface area contributed by atoms with Gasteiger partial charge in [0.15, 0.2) is 17.5 Å². The maximum atomic E-state index is 6.31. The summed E-state index contributed by atoms with van der Waals surface area (Å²) in [5.74, 6) is 2.43. The summed E-state index contributed by atoms with van der Waals surface area (Å²) in [5.41, 5.74) is 2.18. The van der Waals surface area contributed by atoms with Crippen molar-refractivity contribution < 1.29 is 9.47 Å². The molecule has 1 fully saturated rings. The van der Waals surface area contributed by atoms with Gasteiger partial charge in [-0.3, -0.25) is 4.99 Å². The SMILES string of the molecule is CN=C(NCCCc1nc(C)cs1)NCc1cccc(OC)c1OC1CCCC1. The molecule has 1 aromatic carbocycles. The van der Waals surface area contributed by atoms with E-state index in [1.54, 1.807) is 25.5 Å². The minimum atomic E-state index is 0.289. The van der Waals surface area contributed by atoms with Crippen LogP contribution in [0.1, 0.15) is 48.4 Å². The molecule has 1 aromatic heterocycles. The lowest BCUT2D eigenvalue weighted by atomic mass is 10.1. The number of para-hydroxylation sites is 1. The molecule has 2 aromatic rings. The second kappa shape index (κ2) is 11.0. The highest BCUT2D eigenvalue weighted by Gasteiger charge is 2.20. The molecule has 0 atom stereocenters. The van der Waals surface area contributed by atoms with Crippen LogP contribution in [-0.4, -0.2) is 37.7 Å². The summed E-state index contributed by atoms with van der Waals surface area (Å²) < 4.78 is 11.9. The van der Waals surface area contributed by atoms with Crippen LogP contribution < -0.4 is 20.1 Å². The molecule has 158 valence electrons. The third-order valence-corrected chi connectivity index (χ3v) is 6.09. The van der Waals surface area contributed by atoms with Gasteiger partial charge in [0.05, 0.1) is 18.2 Å². The van der Waals surface area contributed by atoms with Crippen LogP contribution in [0.4, 0.5) is 0 Å². The first-order valence-electron chi connectivity index (χ1n) is 10.4. The molecule has 0 saturated heterocycles. The third kappa shape index (κ3) is 6.35. The highest BCUT2D eigenvalue weighted by atomic mass is 32.1. The van der Waals surface area contributed by atoms with E-state index in [0.29, 0.717) is 6.54 Å². The van der Waals surface area contributed by atoms with Crippen molar-refractivity contribution in [2.24, 2.45) is 4.99 Å². The Morgan fingerprint density at radius 3 is 2.79 bits per heavy atom. The fourth-order valence-corrected chi connectivity index (χ4v) is 4.35. The lowest BCUT2D eigenvalue weighted by Crippen LogP contribution is -2.37. The Morgan fingerprint density at radius 2 is 2.10 bits per heavy atom. The molecule has 1 saturated carbocycles. The topological polar surface area (TPSA) is 67.8 Å². The second-order valence-corrected chi connectivity index (χ2v) is 8.25. The van der Waals surface area contributed by atoms with Crippen molar-refractivity contribution in [2.45, 2.75) is 58.1 Å². The predicted octanol–water partition coefficient (Wildman–Crippen LogP) is 4.08. The molecule has 0 spiro atoms. The molecule has 29 heavy (non-hydrogen) atoms. The summed E-state index contributed by atoms with van der Waals surface area (Å²) in [4.78, 5) is 8.85. The van der Waals surface area contributed by atoms with Gasteiger partial charge < -0.3 is 20.1 Å². The Labute approximate surface area is 177 Å². The van der Waals surface area contributed by atoms with Gasteiger partial charge in [-0.05, 0) is 45.1 Å². The summed E-state index contributed by atoms with van der Waals surface area (Å²) in [6.07, 6.45) is 7.01. The van der Waals surface area contributed by atoms with Crippen LogP contribution in [-0.2, 0) is 13.0 Å². The number of ether oxygens (including phenoxy) is 2. The minimum absolute atomic E-state index is 0.289. The van der Waals surface area contributed by atoms with Gasteiger partial charge in [-0.25, -0.2) is 4.98 Å². The molecular formula is C22H32N4O2S. The van der Waals surface area contributed by atoms with E-state index in [1.807, 2.05) is 19.1 Å². The molecule has 0 unspecified atom stereocenters. The lowest BCUT2D eigenvalue weighted by molar-refractivity contribution is 0.198. The molecule has 1 heterocycles. The Kier molecular flexibility index (Phi) is 8.16. The van der Waals surface area contributed by atoms with Crippen molar-refractivity contribution in [3.05, 3.63) is 39.8 Å². The molecule has 6 nitrogen and oxygen atoms in total. The van der Waals surface area contributed by atoms with Gasteiger partial charge in [-0.2, -0.15) is 0 Å². The zero-order valence-electron chi connectivity index (χ0n) is 17.7. The number of thiazole rings is 1. The average Bonchev–Trinajstić information content (AvgIpc) is 3.40. The highest BCUT2D eigenvalue weighted by molar-refractivity contribution is 7.09. The van der Waals surface area contributed by atoms with Crippen molar-refractivity contribution in [1.82, 2.24) is 15.6 Å². The van der Waals surface area contributed by atoms with E-state index in [1.165, 1.54) is 17.8 Å². The smallest absolute Gasteiger partial charge is 0.191 e.